The van der Waals surface area contributed by atoms with E-state index < -0.39 is 0 Å². The molecule has 0 saturated carbocycles. The lowest BCUT2D eigenvalue weighted by molar-refractivity contribution is 0.102. The Hall–Kier alpha value is -2.37. The van der Waals surface area contributed by atoms with Gasteiger partial charge < -0.3 is 15.2 Å². The van der Waals surface area contributed by atoms with Crippen LogP contribution < -0.4 is 10.6 Å². The van der Waals surface area contributed by atoms with E-state index in [1.165, 1.54) is 6.20 Å². The van der Waals surface area contributed by atoms with E-state index in [0.29, 0.717) is 23.2 Å². The number of aromatic nitrogens is 2. The number of rotatable bonds is 5. The minimum atomic E-state index is -0.265. The Labute approximate surface area is 117 Å². The number of amides is 1. The van der Waals surface area contributed by atoms with Gasteiger partial charge in [-0.3, -0.25) is 9.78 Å². The maximum atomic E-state index is 12.1. The normalized spacial score (nSPS) is 11.9. The smallest absolute Gasteiger partial charge is 0.258 e. The van der Waals surface area contributed by atoms with Crippen LogP contribution >= 0.6 is 0 Å². The molecule has 0 aromatic carbocycles. The molecule has 2 heterocycles. The zero-order valence-electron chi connectivity index (χ0n) is 11.8. The summed E-state index contributed by atoms with van der Waals surface area (Å²) < 4.78 is 4.90. The molecule has 0 spiro atoms. The summed E-state index contributed by atoms with van der Waals surface area (Å²) in [6.07, 6.45) is 4.21. The zero-order valence-corrected chi connectivity index (χ0v) is 11.8. The SMILES string of the molecule is CCC(C)Nc1cncc(C(=O)Nc2cc(C)on2)c1. The highest BCUT2D eigenvalue weighted by Gasteiger charge is 2.10. The quantitative estimate of drug-likeness (QED) is 0.876. The largest absolute Gasteiger partial charge is 0.381 e. The van der Waals surface area contributed by atoms with E-state index in [-0.39, 0.29) is 5.91 Å². The van der Waals surface area contributed by atoms with Gasteiger partial charge in [0.2, 0.25) is 0 Å². The van der Waals surface area contributed by atoms with Crippen LogP contribution in [0, 0.1) is 6.92 Å². The Morgan fingerprint density at radius 3 is 2.85 bits per heavy atom. The maximum Gasteiger partial charge on any atom is 0.258 e. The number of anilines is 2. The van der Waals surface area contributed by atoms with Gasteiger partial charge in [-0.15, -0.1) is 0 Å². The molecule has 2 rings (SSSR count). The number of hydrogen-bond donors (Lipinski definition) is 2. The van der Waals surface area contributed by atoms with Crippen LogP contribution in [0.3, 0.4) is 0 Å². The predicted octanol–water partition coefficient (Wildman–Crippen LogP) is 2.84. The van der Waals surface area contributed by atoms with Gasteiger partial charge in [-0.1, -0.05) is 12.1 Å². The molecule has 1 unspecified atom stereocenters. The second-order valence-corrected chi connectivity index (χ2v) is 4.69. The summed E-state index contributed by atoms with van der Waals surface area (Å²) in [6.45, 7) is 5.93. The highest BCUT2D eigenvalue weighted by Crippen LogP contribution is 2.13. The molecule has 20 heavy (non-hydrogen) atoms. The molecule has 6 heteroatoms. The summed E-state index contributed by atoms with van der Waals surface area (Å²) in [7, 11) is 0. The van der Waals surface area contributed by atoms with E-state index in [4.69, 9.17) is 4.52 Å². The van der Waals surface area contributed by atoms with Crippen molar-refractivity contribution in [3.63, 3.8) is 0 Å². The van der Waals surface area contributed by atoms with Gasteiger partial charge in [0.1, 0.15) is 5.76 Å². The van der Waals surface area contributed by atoms with Crippen LogP contribution in [0.1, 0.15) is 36.4 Å². The Kier molecular flexibility index (Phi) is 4.34. The first-order valence-corrected chi connectivity index (χ1v) is 6.54. The van der Waals surface area contributed by atoms with Gasteiger partial charge >= 0.3 is 0 Å². The predicted molar refractivity (Wildman–Crippen MR) is 76.8 cm³/mol. The fraction of sp³-hybridized carbons (Fsp3) is 0.357. The van der Waals surface area contributed by atoms with Crippen LogP contribution in [0.5, 0.6) is 0 Å². The molecule has 6 nitrogen and oxygen atoms in total. The molecule has 1 amide bonds. The van der Waals surface area contributed by atoms with Crippen LogP contribution in [-0.2, 0) is 0 Å². The van der Waals surface area contributed by atoms with Crippen LogP contribution in [0.2, 0.25) is 0 Å². The zero-order chi connectivity index (χ0) is 14.5. The molecule has 0 aliphatic heterocycles. The average molecular weight is 274 g/mol. The fourth-order valence-corrected chi connectivity index (χ4v) is 1.64. The number of pyridine rings is 1. The van der Waals surface area contributed by atoms with Gasteiger partial charge in [-0.05, 0) is 26.3 Å². The third kappa shape index (κ3) is 3.57. The van der Waals surface area contributed by atoms with Gasteiger partial charge in [-0.2, -0.15) is 0 Å². The first-order chi connectivity index (χ1) is 9.58. The first kappa shape index (κ1) is 14.0. The Bertz CT molecular complexity index is 594. The van der Waals surface area contributed by atoms with Crippen LogP contribution in [0.15, 0.2) is 29.0 Å². The Balaban J connectivity index is 2.08. The van der Waals surface area contributed by atoms with E-state index in [1.807, 2.05) is 0 Å². The van der Waals surface area contributed by atoms with Crippen molar-refractivity contribution in [2.75, 3.05) is 10.6 Å². The second kappa shape index (κ2) is 6.18. The molecule has 0 radical (unpaired) electrons. The van der Waals surface area contributed by atoms with Crippen molar-refractivity contribution in [2.24, 2.45) is 0 Å². The summed E-state index contributed by atoms with van der Waals surface area (Å²) in [5.41, 5.74) is 1.29. The number of aryl methyl sites for hydroxylation is 1. The minimum absolute atomic E-state index is 0.265. The molecule has 1 atom stereocenters. The van der Waals surface area contributed by atoms with Crippen molar-refractivity contribution in [1.29, 1.82) is 0 Å². The monoisotopic (exact) mass is 274 g/mol. The number of hydrogen-bond acceptors (Lipinski definition) is 5. The molecule has 2 aromatic rings. The van der Waals surface area contributed by atoms with E-state index >= 15 is 0 Å². The van der Waals surface area contributed by atoms with Gasteiger partial charge in [0.25, 0.3) is 5.91 Å². The maximum absolute atomic E-state index is 12.1. The van der Waals surface area contributed by atoms with Crippen LogP contribution in [-0.4, -0.2) is 22.1 Å². The summed E-state index contributed by atoms with van der Waals surface area (Å²) in [5, 5.41) is 9.66. The number of carbonyl (C=O) groups is 1. The standard InChI is InChI=1S/C14H18N4O2/c1-4-9(2)16-12-6-11(7-15-8-12)14(19)17-13-5-10(3)20-18-13/h5-9,16H,4H2,1-3H3,(H,17,18,19). The third-order valence-electron chi connectivity index (χ3n) is 2.90. The molecule has 2 N–H and O–H groups in total. The van der Waals surface area contributed by atoms with Crippen molar-refractivity contribution in [2.45, 2.75) is 33.2 Å². The topological polar surface area (TPSA) is 80.0 Å². The van der Waals surface area contributed by atoms with Crippen LogP contribution in [0.25, 0.3) is 0 Å². The van der Waals surface area contributed by atoms with E-state index in [9.17, 15) is 4.79 Å². The average Bonchev–Trinajstić information content (AvgIpc) is 2.84. The molecule has 0 saturated heterocycles. The lowest BCUT2D eigenvalue weighted by Crippen LogP contribution is -2.16. The number of nitrogens with zero attached hydrogens (tertiary/aromatic N) is 2. The number of carbonyl (C=O) groups excluding carboxylic acids is 1. The minimum Gasteiger partial charge on any atom is -0.381 e. The fourth-order valence-electron chi connectivity index (χ4n) is 1.64. The molecule has 106 valence electrons. The van der Waals surface area contributed by atoms with Crippen molar-refractivity contribution in [3.8, 4) is 0 Å². The van der Waals surface area contributed by atoms with Crippen LogP contribution in [0.4, 0.5) is 11.5 Å². The van der Waals surface area contributed by atoms with Gasteiger partial charge in [0.05, 0.1) is 11.3 Å². The highest BCUT2D eigenvalue weighted by molar-refractivity contribution is 6.04. The van der Waals surface area contributed by atoms with Crippen molar-refractivity contribution < 1.29 is 9.32 Å². The lowest BCUT2D eigenvalue weighted by Gasteiger charge is -2.13. The molecular weight excluding hydrogens is 256 g/mol. The van der Waals surface area contributed by atoms with Gasteiger partial charge in [0, 0.05) is 24.5 Å². The summed E-state index contributed by atoms with van der Waals surface area (Å²) >= 11 is 0. The summed E-state index contributed by atoms with van der Waals surface area (Å²) in [4.78, 5) is 16.1. The second-order valence-electron chi connectivity index (χ2n) is 4.69. The molecule has 0 fully saturated rings. The van der Waals surface area contributed by atoms with E-state index in [0.717, 1.165) is 12.1 Å². The summed E-state index contributed by atoms with van der Waals surface area (Å²) in [6, 6.07) is 3.75. The van der Waals surface area contributed by atoms with Gasteiger partial charge in [0.15, 0.2) is 5.82 Å². The Morgan fingerprint density at radius 1 is 1.40 bits per heavy atom. The molecule has 2 aromatic heterocycles. The van der Waals surface area contributed by atoms with Crippen molar-refractivity contribution >= 4 is 17.4 Å². The van der Waals surface area contributed by atoms with Crippen molar-refractivity contribution in [1.82, 2.24) is 10.1 Å². The molecule has 0 aliphatic rings. The molecular formula is C14H18N4O2. The van der Waals surface area contributed by atoms with Gasteiger partial charge in [-0.25, -0.2) is 0 Å². The van der Waals surface area contributed by atoms with E-state index in [2.05, 4.69) is 34.6 Å². The first-order valence-electron chi connectivity index (χ1n) is 6.54. The third-order valence-corrected chi connectivity index (χ3v) is 2.90. The van der Waals surface area contributed by atoms with E-state index in [1.54, 1.807) is 25.3 Å². The molecule has 0 aliphatic carbocycles. The lowest BCUT2D eigenvalue weighted by atomic mass is 10.2. The number of nitrogens with one attached hydrogen (secondary N) is 2. The van der Waals surface area contributed by atoms with Crippen molar-refractivity contribution in [3.05, 3.63) is 35.9 Å². The molecule has 0 bridgehead atoms. The highest BCUT2D eigenvalue weighted by atomic mass is 16.5. The summed E-state index contributed by atoms with van der Waals surface area (Å²) in [5.74, 6) is 0.775. The Morgan fingerprint density at radius 2 is 2.20 bits per heavy atom.